The van der Waals surface area contributed by atoms with Gasteiger partial charge in [-0.2, -0.15) is 0 Å². The molecule has 4 nitrogen and oxygen atoms in total. The molecule has 1 unspecified atom stereocenters. The minimum absolute atomic E-state index is 0.370. The van der Waals surface area contributed by atoms with Crippen LogP contribution in [0.5, 0.6) is 0 Å². The topological polar surface area (TPSA) is 41.7 Å². The van der Waals surface area contributed by atoms with Gasteiger partial charge in [0.15, 0.2) is 0 Å². The largest absolute Gasteiger partial charge is 0.379 e. The molecule has 2 aliphatic heterocycles. The van der Waals surface area contributed by atoms with Crippen molar-refractivity contribution in [3.8, 4) is 0 Å². The van der Waals surface area contributed by atoms with Gasteiger partial charge >= 0.3 is 0 Å². The van der Waals surface area contributed by atoms with Crippen LogP contribution < -0.4 is 5.73 Å². The number of benzene rings is 2. The van der Waals surface area contributed by atoms with E-state index in [-0.39, 0.29) is 0 Å². The lowest BCUT2D eigenvalue weighted by Gasteiger charge is -2.28. The van der Waals surface area contributed by atoms with Gasteiger partial charge < -0.3 is 10.5 Å². The van der Waals surface area contributed by atoms with E-state index in [0.717, 1.165) is 45.9 Å². The monoisotopic (exact) mass is 325 g/mol. The zero-order valence-corrected chi connectivity index (χ0v) is 14.3. The lowest BCUT2D eigenvalue weighted by Crippen LogP contribution is -2.38. The Kier molecular flexibility index (Phi) is 4.81. The zero-order chi connectivity index (χ0) is 16.4. The molecule has 0 amide bonds. The quantitative estimate of drug-likeness (QED) is 0.916. The fraction of sp³-hybridized carbons (Fsp3) is 0.500. The zero-order valence-electron chi connectivity index (χ0n) is 14.3. The van der Waals surface area contributed by atoms with Crippen molar-refractivity contribution in [1.29, 1.82) is 0 Å². The minimum atomic E-state index is 0.370. The summed E-state index contributed by atoms with van der Waals surface area (Å²) in [5, 5.41) is 2.73. The van der Waals surface area contributed by atoms with Crippen LogP contribution in [0.3, 0.4) is 0 Å². The van der Waals surface area contributed by atoms with Gasteiger partial charge in [0.05, 0.1) is 13.2 Å². The van der Waals surface area contributed by atoms with Crippen LogP contribution in [0.1, 0.15) is 23.6 Å². The van der Waals surface area contributed by atoms with Crippen LogP contribution in [0.25, 0.3) is 10.8 Å². The molecule has 4 rings (SSSR count). The summed E-state index contributed by atoms with van der Waals surface area (Å²) in [6, 6.07) is 13.6. The van der Waals surface area contributed by atoms with E-state index in [1.54, 1.807) is 0 Å². The van der Waals surface area contributed by atoms with Gasteiger partial charge in [0.1, 0.15) is 0 Å². The molecule has 1 fully saturated rings. The Balaban J connectivity index is 1.45. The van der Waals surface area contributed by atoms with Gasteiger partial charge in [-0.3, -0.25) is 9.80 Å². The van der Waals surface area contributed by atoms with Gasteiger partial charge in [-0.25, -0.2) is 0 Å². The van der Waals surface area contributed by atoms with Crippen molar-refractivity contribution in [3.63, 3.8) is 0 Å². The predicted octanol–water partition coefficient (Wildman–Crippen LogP) is 2.38. The van der Waals surface area contributed by atoms with Gasteiger partial charge in [-0.15, -0.1) is 0 Å². The van der Waals surface area contributed by atoms with Crippen LogP contribution in [0.4, 0.5) is 0 Å². The lowest BCUT2D eigenvalue weighted by atomic mass is 9.98. The van der Waals surface area contributed by atoms with Crippen LogP contribution in [0.2, 0.25) is 0 Å². The molecule has 0 saturated carbocycles. The predicted molar refractivity (Wildman–Crippen MR) is 98.0 cm³/mol. The van der Waals surface area contributed by atoms with Crippen LogP contribution >= 0.6 is 0 Å². The van der Waals surface area contributed by atoms with E-state index < -0.39 is 0 Å². The maximum absolute atomic E-state index is 6.13. The summed E-state index contributed by atoms with van der Waals surface area (Å²) < 4.78 is 5.43. The number of hydrogen-bond donors (Lipinski definition) is 1. The van der Waals surface area contributed by atoms with Crippen molar-refractivity contribution in [2.45, 2.75) is 19.0 Å². The van der Waals surface area contributed by atoms with Crippen molar-refractivity contribution >= 4 is 10.8 Å². The average molecular weight is 325 g/mol. The van der Waals surface area contributed by atoms with Gasteiger partial charge in [-0.05, 0) is 34.9 Å². The number of hydrogen-bond acceptors (Lipinski definition) is 4. The first-order valence-corrected chi connectivity index (χ1v) is 9.11. The Labute approximate surface area is 144 Å². The first kappa shape index (κ1) is 16.0. The summed E-state index contributed by atoms with van der Waals surface area (Å²) >= 11 is 0. The number of rotatable bonds is 5. The molecule has 0 aromatic heterocycles. The van der Waals surface area contributed by atoms with Crippen molar-refractivity contribution in [2.75, 3.05) is 45.9 Å². The Morgan fingerprint density at radius 3 is 2.71 bits per heavy atom. The van der Waals surface area contributed by atoms with Crippen molar-refractivity contribution in [2.24, 2.45) is 5.73 Å². The summed E-state index contributed by atoms with van der Waals surface area (Å²) in [7, 11) is 0. The summed E-state index contributed by atoms with van der Waals surface area (Å²) in [6.45, 7) is 7.91. The molecular weight excluding hydrogens is 298 g/mol. The fourth-order valence-electron chi connectivity index (χ4n) is 4.18. The van der Waals surface area contributed by atoms with Crippen LogP contribution in [-0.4, -0.2) is 55.7 Å². The number of nitrogens with two attached hydrogens (primary N) is 1. The molecule has 1 atom stereocenters. The van der Waals surface area contributed by atoms with Crippen molar-refractivity contribution in [1.82, 2.24) is 9.80 Å². The van der Waals surface area contributed by atoms with E-state index in [2.05, 4.69) is 46.2 Å². The molecule has 24 heavy (non-hydrogen) atoms. The molecule has 0 spiro atoms. The molecule has 2 aromatic carbocycles. The smallest absolute Gasteiger partial charge is 0.0594 e. The third-order valence-corrected chi connectivity index (χ3v) is 5.48. The maximum atomic E-state index is 6.13. The van der Waals surface area contributed by atoms with Crippen LogP contribution in [-0.2, 0) is 11.3 Å². The highest BCUT2D eigenvalue weighted by atomic mass is 16.5. The van der Waals surface area contributed by atoms with E-state index in [4.69, 9.17) is 10.5 Å². The Morgan fingerprint density at radius 1 is 1.04 bits per heavy atom. The van der Waals surface area contributed by atoms with E-state index in [1.165, 1.54) is 28.3 Å². The van der Waals surface area contributed by atoms with E-state index in [9.17, 15) is 0 Å². The Bertz CT molecular complexity index is 696. The highest BCUT2D eigenvalue weighted by molar-refractivity contribution is 5.87. The number of fused-ring (bicyclic) bond motifs is 3. The van der Waals surface area contributed by atoms with Gasteiger partial charge in [0.25, 0.3) is 0 Å². The summed E-state index contributed by atoms with van der Waals surface area (Å²) in [4.78, 5) is 5.08. The molecule has 4 heteroatoms. The van der Waals surface area contributed by atoms with E-state index >= 15 is 0 Å². The number of morpholine rings is 1. The number of nitrogens with zero attached hydrogens (tertiary/aromatic N) is 2. The normalized spacial score (nSPS) is 22.1. The molecule has 2 heterocycles. The van der Waals surface area contributed by atoms with E-state index in [0.29, 0.717) is 12.6 Å². The third-order valence-electron chi connectivity index (χ3n) is 5.48. The molecule has 2 aromatic rings. The fourth-order valence-corrected chi connectivity index (χ4v) is 4.18. The molecule has 2 aliphatic rings. The van der Waals surface area contributed by atoms with Crippen molar-refractivity contribution < 1.29 is 4.74 Å². The highest BCUT2D eigenvalue weighted by Crippen LogP contribution is 2.37. The summed E-state index contributed by atoms with van der Waals surface area (Å²) in [5.41, 5.74) is 9.04. The Hall–Kier alpha value is -1.46. The maximum Gasteiger partial charge on any atom is 0.0594 e. The Morgan fingerprint density at radius 2 is 1.88 bits per heavy atom. The molecule has 0 aliphatic carbocycles. The summed E-state index contributed by atoms with van der Waals surface area (Å²) in [5.74, 6) is 0. The first-order chi connectivity index (χ1) is 11.9. The molecule has 0 radical (unpaired) electrons. The molecule has 0 bridgehead atoms. The van der Waals surface area contributed by atoms with Gasteiger partial charge in [0.2, 0.25) is 0 Å². The molecule has 128 valence electrons. The third kappa shape index (κ3) is 3.07. The van der Waals surface area contributed by atoms with Crippen LogP contribution in [0.15, 0.2) is 36.4 Å². The minimum Gasteiger partial charge on any atom is -0.379 e. The standard InChI is InChI=1S/C20H27N3O/c21-14-20-18-7-6-16-4-1-2-5-17(16)19(18)15-23(20)9-3-8-22-10-12-24-13-11-22/h1-2,4-7,20H,3,8-15,21H2. The van der Waals surface area contributed by atoms with Gasteiger partial charge in [0, 0.05) is 38.8 Å². The first-order valence-electron chi connectivity index (χ1n) is 9.11. The molecular formula is C20H27N3O. The average Bonchev–Trinajstić information content (AvgIpc) is 3.00. The number of ether oxygens (including phenoxy) is 1. The van der Waals surface area contributed by atoms with E-state index in [1.807, 2.05) is 0 Å². The molecule has 2 N–H and O–H groups in total. The second kappa shape index (κ2) is 7.19. The second-order valence-electron chi connectivity index (χ2n) is 6.88. The van der Waals surface area contributed by atoms with Crippen molar-refractivity contribution in [3.05, 3.63) is 47.5 Å². The second-order valence-corrected chi connectivity index (χ2v) is 6.88. The molecule has 1 saturated heterocycles. The summed E-state index contributed by atoms with van der Waals surface area (Å²) in [6.07, 6.45) is 1.20. The highest BCUT2D eigenvalue weighted by Gasteiger charge is 2.29. The lowest BCUT2D eigenvalue weighted by molar-refractivity contribution is 0.0355. The van der Waals surface area contributed by atoms with Crippen LogP contribution in [0, 0.1) is 0 Å². The SMILES string of the molecule is NCC1c2ccc3ccccc3c2CN1CCCN1CCOCC1. The van der Waals surface area contributed by atoms with Gasteiger partial charge in [-0.1, -0.05) is 36.4 Å².